The standard InChI is InChI=1S/C10H10N4OS/c11-6-4-7(12)9(8(16)5-6)10-13-2-1-3-14(10)15/h1-4H,5,11-12H2. The summed E-state index contributed by atoms with van der Waals surface area (Å²) in [4.78, 5) is 4.53. The van der Waals surface area contributed by atoms with Gasteiger partial charge in [0.05, 0.1) is 11.9 Å². The van der Waals surface area contributed by atoms with E-state index >= 15 is 0 Å². The molecule has 1 aromatic rings. The summed E-state index contributed by atoms with van der Waals surface area (Å²) >= 11 is 5.17. The van der Waals surface area contributed by atoms with E-state index in [1.54, 1.807) is 12.1 Å². The van der Waals surface area contributed by atoms with Crippen LogP contribution in [0.1, 0.15) is 12.2 Å². The Morgan fingerprint density at radius 2 is 2.19 bits per heavy atom. The molecule has 4 N–H and O–H groups in total. The van der Waals surface area contributed by atoms with Gasteiger partial charge in [-0.1, -0.05) is 12.2 Å². The van der Waals surface area contributed by atoms with E-state index in [0.717, 1.165) is 0 Å². The topological polar surface area (TPSA) is 91.9 Å². The van der Waals surface area contributed by atoms with Crippen LogP contribution < -0.4 is 16.2 Å². The van der Waals surface area contributed by atoms with Crippen LogP contribution in [0.5, 0.6) is 0 Å². The fourth-order valence-electron chi connectivity index (χ4n) is 1.54. The van der Waals surface area contributed by atoms with Gasteiger partial charge in [-0.15, -0.1) is 0 Å². The molecule has 0 saturated carbocycles. The lowest BCUT2D eigenvalue weighted by Crippen LogP contribution is -2.35. The van der Waals surface area contributed by atoms with Crippen molar-refractivity contribution in [2.24, 2.45) is 11.5 Å². The van der Waals surface area contributed by atoms with Crippen molar-refractivity contribution in [2.75, 3.05) is 0 Å². The van der Waals surface area contributed by atoms with Gasteiger partial charge >= 0.3 is 5.82 Å². The van der Waals surface area contributed by atoms with Crippen LogP contribution in [0.2, 0.25) is 0 Å². The molecule has 0 radical (unpaired) electrons. The van der Waals surface area contributed by atoms with Crippen LogP contribution in [0.25, 0.3) is 5.57 Å². The smallest absolute Gasteiger partial charge is 0.336 e. The van der Waals surface area contributed by atoms with Gasteiger partial charge in [0, 0.05) is 23.0 Å². The Balaban J connectivity index is 2.60. The molecule has 0 aliphatic heterocycles. The van der Waals surface area contributed by atoms with Crippen molar-refractivity contribution in [2.45, 2.75) is 6.42 Å². The largest absolute Gasteiger partial charge is 0.710 e. The number of hydrogen-bond donors (Lipinski definition) is 2. The second-order valence-electron chi connectivity index (χ2n) is 3.42. The summed E-state index contributed by atoms with van der Waals surface area (Å²) in [7, 11) is 0. The molecule has 0 saturated heterocycles. The lowest BCUT2D eigenvalue weighted by molar-refractivity contribution is -0.611. The van der Waals surface area contributed by atoms with E-state index in [9.17, 15) is 5.21 Å². The molecule has 82 valence electrons. The lowest BCUT2D eigenvalue weighted by Gasteiger charge is -2.15. The summed E-state index contributed by atoms with van der Waals surface area (Å²) < 4.78 is 0.643. The first-order valence-corrected chi connectivity index (χ1v) is 5.04. The van der Waals surface area contributed by atoms with E-state index in [4.69, 9.17) is 23.7 Å². The Labute approximate surface area is 97.7 Å². The Bertz CT molecular complexity index is 521. The van der Waals surface area contributed by atoms with Crippen molar-refractivity contribution in [3.05, 3.63) is 47.0 Å². The van der Waals surface area contributed by atoms with E-state index in [1.165, 1.54) is 12.4 Å². The average molecular weight is 234 g/mol. The minimum Gasteiger partial charge on any atom is -0.710 e. The molecule has 1 heterocycles. The van der Waals surface area contributed by atoms with Gasteiger partial charge in [-0.05, 0) is 11.1 Å². The van der Waals surface area contributed by atoms with Gasteiger partial charge in [0.15, 0.2) is 0 Å². The Morgan fingerprint density at radius 3 is 2.81 bits per heavy atom. The van der Waals surface area contributed by atoms with Gasteiger partial charge in [0.1, 0.15) is 11.8 Å². The first kappa shape index (κ1) is 10.6. The molecule has 5 nitrogen and oxygen atoms in total. The van der Waals surface area contributed by atoms with E-state index in [-0.39, 0.29) is 5.82 Å². The number of allylic oxidation sites excluding steroid dienone is 3. The number of nitrogens with two attached hydrogens (primary N) is 2. The highest BCUT2D eigenvalue weighted by atomic mass is 32.1. The Hall–Kier alpha value is -1.95. The second-order valence-corrected chi connectivity index (χ2v) is 3.91. The summed E-state index contributed by atoms with van der Waals surface area (Å²) in [6.07, 6.45) is 4.92. The van der Waals surface area contributed by atoms with Crippen LogP contribution >= 0.6 is 12.2 Å². The lowest BCUT2D eigenvalue weighted by atomic mass is 9.99. The summed E-state index contributed by atoms with van der Waals surface area (Å²) in [6, 6.07) is 1.54. The molecular formula is C10H10N4OS. The van der Waals surface area contributed by atoms with Gasteiger partial charge in [0.2, 0.25) is 0 Å². The average Bonchev–Trinajstić information content (AvgIpc) is 2.19. The number of aromatic nitrogens is 2. The van der Waals surface area contributed by atoms with Crippen LogP contribution in [0.3, 0.4) is 0 Å². The second kappa shape index (κ2) is 3.90. The molecular weight excluding hydrogens is 224 g/mol. The highest BCUT2D eigenvalue weighted by molar-refractivity contribution is 7.81. The van der Waals surface area contributed by atoms with Crippen LogP contribution in [0.4, 0.5) is 0 Å². The molecule has 1 aliphatic carbocycles. The normalized spacial score (nSPS) is 16.2. The molecule has 0 spiro atoms. The number of rotatable bonds is 1. The molecule has 1 aliphatic rings. The van der Waals surface area contributed by atoms with Gasteiger partial charge in [0.25, 0.3) is 0 Å². The van der Waals surface area contributed by atoms with Crippen molar-refractivity contribution < 1.29 is 4.73 Å². The molecule has 16 heavy (non-hydrogen) atoms. The summed E-state index contributed by atoms with van der Waals surface area (Å²) in [6.45, 7) is 0. The highest BCUT2D eigenvalue weighted by Crippen LogP contribution is 2.22. The summed E-state index contributed by atoms with van der Waals surface area (Å²) in [5.41, 5.74) is 12.9. The zero-order valence-corrected chi connectivity index (χ0v) is 9.20. The van der Waals surface area contributed by atoms with Gasteiger partial charge in [-0.3, -0.25) is 0 Å². The van der Waals surface area contributed by atoms with Gasteiger partial charge in [-0.2, -0.15) is 0 Å². The van der Waals surface area contributed by atoms with Crippen molar-refractivity contribution in [3.63, 3.8) is 0 Å². The number of nitrogens with zero attached hydrogens (tertiary/aromatic N) is 2. The highest BCUT2D eigenvalue weighted by Gasteiger charge is 2.24. The summed E-state index contributed by atoms with van der Waals surface area (Å²) in [5, 5.41) is 11.5. The van der Waals surface area contributed by atoms with Gasteiger partial charge in [-0.25, -0.2) is 4.73 Å². The maximum Gasteiger partial charge on any atom is 0.336 e. The Morgan fingerprint density at radius 1 is 1.44 bits per heavy atom. The SMILES string of the molecule is NC1=CC(N)=C(c2nccc[n+]2[O-])C(=S)C1. The predicted octanol–water partition coefficient (Wildman–Crippen LogP) is 0.001000. The van der Waals surface area contributed by atoms with Crippen molar-refractivity contribution in [1.29, 1.82) is 0 Å². The maximum atomic E-state index is 11.5. The first-order chi connectivity index (χ1) is 7.59. The zero-order valence-electron chi connectivity index (χ0n) is 8.38. The molecule has 2 rings (SSSR count). The zero-order chi connectivity index (χ0) is 11.7. The molecule has 0 bridgehead atoms. The minimum absolute atomic E-state index is 0.216. The van der Waals surface area contributed by atoms with Crippen LogP contribution in [-0.4, -0.2) is 9.85 Å². The number of hydrogen-bond acceptors (Lipinski definition) is 5. The van der Waals surface area contributed by atoms with E-state index in [1.807, 2.05) is 0 Å². The monoisotopic (exact) mass is 234 g/mol. The fourth-order valence-corrected chi connectivity index (χ4v) is 1.92. The first-order valence-electron chi connectivity index (χ1n) is 4.63. The van der Waals surface area contributed by atoms with Crippen LogP contribution in [0.15, 0.2) is 35.9 Å². The molecule has 0 fully saturated rings. The number of thiocarbonyl (C=S) groups is 1. The third-order valence-corrected chi connectivity index (χ3v) is 2.56. The minimum atomic E-state index is 0.216. The Kier molecular flexibility index (Phi) is 2.57. The summed E-state index contributed by atoms with van der Waals surface area (Å²) in [5.74, 6) is 0.216. The fraction of sp³-hybridized carbons (Fsp3) is 0.100. The van der Waals surface area contributed by atoms with Crippen molar-refractivity contribution in [1.82, 2.24) is 4.98 Å². The van der Waals surface area contributed by atoms with Crippen LogP contribution in [-0.2, 0) is 0 Å². The van der Waals surface area contributed by atoms with E-state index < -0.39 is 0 Å². The van der Waals surface area contributed by atoms with Gasteiger partial charge < -0.3 is 16.7 Å². The molecule has 0 aromatic carbocycles. The third-order valence-electron chi connectivity index (χ3n) is 2.21. The third kappa shape index (κ3) is 1.74. The van der Waals surface area contributed by atoms with E-state index in [2.05, 4.69) is 4.98 Å². The molecule has 6 heteroatoms. The van der Waals surface area contributed by atoms with Crippen LogP contribution in [0, 0.1) is 5.21 Å². The molecule has 0 amide bonds. The molecule has 0 atom stereocenters. The quantitative estimate of drug-likeness (QED) is 0.405. The van der Waals surface area contributed by atoms with Crippen molar-refractivity contribution >= 4 is 22.7 Å². The molecule has 0 unspecified atom stereocenters. The maximum absolute atomic E-state index is 11.5. The van der Waals surface area contributed by atoms with E-state index in [0.29, 0.717) is 33.0 Å². The predicted molar refractivity (Wildman–Crippen MR) is 63.8 cm³/mol. The molecule has 1 aromatic heterocycles. The van der Waals surface area contributed by atoms with Crippen molar-refractivity contribution in [3.8, 4) is 0 Å².